The lowest BCUT2D eigenvalue weighted by Gasteiger charge is -2.19. The maximum Gasteiger partial charge on any atom is 0.326 e. The molecule has 1 saturated carbocycles. The predicted octanol–water partition coefficient (Wildman–Crippen LogP) is 1.39. The summed E-state index contributed by atoms with van der Waals surface area (Å²) in [6.45, 7) is -0.997. The first-order valence-electron chi connectivity index (χ1n) is 8.38. The standard InChI is InChI=1S/C17H18ClN3O5/c18-10-5-6-13(19-7-10)20-14(22)9-26-15(23)8-21-16(24)11-3-1-2-4-12(11)17(21)25/h5-7,11-12H,1-4,8-9H2,(H,19,20,22). The van der Waals surface area contributed by atoms with E-state index in [2.05, 4.69) is 10.3 Å². The van der Waals surface area contributed by atoms with Crippen LogP contribution in [0.1, 0.15) is 25.7 Å². The molecule has 1 saturated heterocycles. The number of nitrogens with one attached hydrogen (secondary N) is 1. The number of carbonyl (C=O) groups excluding carboxylic acids is 4. The number of rotatable bonds is 5. The van der Waals surface area contributed by atoms with Crippen LogP contribution in [-0.2, 0) is 23.9 Å². The highest BCUT2D eigenvalue weighted by Gasteiger charge is 2.48. The van der Waals surface area contributed by atoms with Gasteiger partial charge in [-0.15, -0.1) is 0 Å². The van der Waals surface area contributed by atoms with Crippen LogP contribution in [-0.4, -0.2) is 46.7 Å². The second-order valence-corrected chi connectivity index (χ2v) is 6.77. The van der Waals surface area contributed by atoms with Gasteiger partial charge in [-0.25, -0.2) is 4.98 Å². The summed E-state index contributed by atoms with van der Waals surface area (Å²) in [6, 6.07) is 3.06. The highest BCUT2D eigenvalue weighted by molar-refractivity contribution is 6.30. The predicted molar refractivity (Wildman–Crippen MR) is 91.0 cm³/mol. The first-order chi connectivity index (χ1) is 12.5. The van der Waals surface area contributed by atoms with E-state index in [-0.39, 0.29) is 29.5 Å². The molecule has 2 heterocycles. The van der Waals surface area contributed by atoms with Gasteiger partial charge in [-0.1, -0.05) is 24.4 Å². The summed E-state index contributed by atoms with van der Waals surface area (Å²) in [5, 5.41) is 2.87. The molecule has 0 spiro atoms. The minimum atomic E-state index is -0.801. The maximum atomic E-state index is 12.3. The van der Waals surface area contributed by atoms with E-state index in [1.807, 2.05) is 0 Å². The number of hydrogen-bond acceptors (Lipinski definition) is 6. The SMILES string of the molecule is O=C(COC(=O)CN1C(=O)C2CCCCC2C1=O)Nc1ccc(Cl)cn1. The number of pyridine rings is 1. The van der Waals surface area contributed by atoms with Gasteiger partial charge in [0.15, 0.2) is 6.61 Å². The van der Waals surface area contributed by atoms with Crippen molar-refractivity contribution >= 4 is 41.1 Å². The molecule has 1 aromatic rings. The molecule has 2 unspecified atom stereocenters. The molecule has 2 aliphatic rings. The molecular formula is C17H18ClN3O5. The molecule has 1 aromatic heterocycles. The molecule has 0 aromatic carbocycles. The van der Waals surface area contributed by atoms with Crippen molar-refractivity contribution in [2.75, 3.05) is 18.5 Å². The highest BCUT2D eigenvalue weighted by atomic mass is 35.5. The third-order valence-corrected chi connectivity index (χ3v) is 4.80. The van der Waals surface area contributed by atoms with Gasteiger partial charge >= 0.3 is 5.97 Å². The van der Waals surface area contributed by atoms with E-state index in [1.54, 1.807) is 6.07 Å². The maximum absolute atomic E-state index is 12.3. The molecule has 0 bridgehead atoms. The zero-order chi connectivity index (χ0) is 18.7. The fraction of sp³-hybridized carbons (Fsp3) is 0.471. The van der Waals surface area contributed by atoms with Crippen LogP contribution in [0.3, 0.4) is 0 Å². The third kappa shape index (κ3) is 4.01. The molecule has 8 nitrogen and oxygen atoms in total. The largest absolute Gasteiger partial charge is 0.454 e. The van der Waals surface area contributed by atoms with E-state index >= 15 is 0 Å². The van der Waals surface area contributed by atoms with Crippen molar-refractivity contribution in [3.8, 4) is 0 Å². The first kappa shape index (κ1) is 18.3. The zero-order valence-electron chi connectivity index (χ0n) is 13.9. The van der Waals surface area contributed by atoms with Crippen molar-refractivity contribution in [1.82, 2.24) is 9.88 Å². The summed E-state index contributed by atoms with van der Waals surface area (Å²) >= 11 is 5.70. The van der Waals surface area contributed by atoms with Gasteiger partial charge in [-0.2, -0.15) is 0 Å². The number of hydrogen-bond donors (Lipinski definition) is 1. The molecule has 1 N–H and O–H groups in total. The van der Waals surface area contributed by atoms with Gasteiger partial charge < -0.3 is 10.1 Å². The lowest BCUT2D eigenvalue weighted by Crippen LogP contribution is -2.37. The van der Waals surface area contributed by atoms with Gasteiger partial charge in [0.1, 0.15) is 12.4 Å². The third-order valence-electron chi connectivity index (χ3n) is 4.58. The van der Waals surface area contributed by atoms with Crippen molar-refractivity contribution < 1.29 is 23.9 Å². The fourth-order valence-corrected chi connectivity index (χ4v) is 3.45. The lowest BCUT2D eigenvalue weighted by atomic mass is 9.81. The monoisotopic (exact) mass is 379 g/mol. The smallest absolute Gasteiger partial charge is 0.326 e. The number of imide groups is 1. The first-order valence-corrected chi connectivity index (χ1v) is 8.76. The summed E-state index contributed by atoms with van der Waals surface area (Å²) < 4.78 is 4.86. The number of halogens is 1. The highest BCUT2D eigenvalue weighted by Crippen LogP contribution is 2.37. The van der Waals surface area contributed by atoms with Gasteiger partial charge in [0.2, 0.25) is 11.8 Å². The van der Waals surface area contributed by atoms with Gasteiger partial charge in [0.25, 0.3) is 5.91 Å². The van der Waals surface area contributed by atoms with Gasteiger partial charge in [-0.3, -0.25) is 24.1 Å². The van der Waals surface area contributed by atoms with Crippen LogP contribution in [0.25, 0.3) is 0 Å². The summed E-state index contributed by atoms with van der Waals surface area (Å²) in [5.41, 5.74) is 0. The van der Waals surface area contributed by atoms with E-state index in [1.165, 1.54) is 12.3 Å². The van der Waals surface area contributed by atoms with E-state index in [0.29, 0.717) is 17.9 Å². The Balaban J connectivity index is 1.48. The number of amides is 3. The molecule has 3 amide bonds. The van der Waals surface area contributed by atoms with Crippen molar-refractivity contribution in [3.05, 3.63) is 23.4 Å². The summed E-state index contributed by atoms with van der Waals surface area (Å²) in [6.07, 6.45) is 4.55. The fourth-order valence-electron chi connectivity index (χ4n) is 3.34. The Kier molecular flexibility index (Phi) is 5.51. The molecule has 2 fully saturated rings. The number of anilines is 1. The van der Waals surface area contributed by atoms with E-state index in [4.69, 9.17) is 16.3 Å². The minimum absolute atomic E-state index is 0.268. The molecule has 3 rings (SSSR count). The van der Waals surface area contributed by atoms with Crippen LogP contribution in [0, 0.1) is 11.8 Å². The number of aromatic nitrogens is 1. The number of fused-ring (bicyclic) bond motifs is 1. The van der Waals surface area contributed by atoms with Crippen molar-refractivity contribution in [2.24, 2.45) is 11.8 Å². The molecule has 138 valence electrons. The Morgan fingerprint density at radius 1 is 1.19 bits per heavy atom. The average molecular weight is 380 g/mol. The van der Waals surface area contributed by atoms with Crippen molar-refractivity contribution in [3.63, 3.8) is 0 Å². The number of nitrogens with zero attached hydrogens (tertiary/aromatic N) is 2. The van der Waals surface area contributed by atoms with Crippen LogP contribution >= 0.6 is 11.6 Å². The summed E-state index contributed by atoms with van der Waals surface area (Å²) in [5.74, 6) is -2.38. The Bertz CT molecular complexity index is 712. The Hall–Kier alpha value is -2.48. The second kappa shape index (κ2) is 7.82. The molecule has 1 aliphatic carbocycles. The summed E-state index contributed by atoms with van der Waals surface area (Å²) in [7, 11) is 0. The average Bonchev–Trinajstić information content (AvgIpc) is 2.87. The van der Waals surface area contributed by atoms with Gasteiger partial charge in [0.05, 0.1) is 16.9 Å². The molecule has 1 aliphatic heterocycles. The Morgan fingerprint density at radius 2 is 1.85 bits per heavy atom. The normalized spacial score (nSPS) is 22.1. The lowest BCUT2D eigenvalue weighted by molar-refractivity contribution is -0.154. The van der Waals surface area contributed by atoms with E-state index in [9.17, 15) is 19.2 Å². The minimum Gasteiger partial charge on any atom is -0.454 e. The second-order valence-electron chi connectivity index (χ2n) is 6.33. The van der Waals surface area contributed by atoms with Crippen molar-refractivity contribution in [1.29, 1.82) is 0 Å². The van der Waals surface area contributed by atoms with Crippen LogP contribution in [0.15, 0.2) is 18.3 Å². The number of ether oxygens (including phenoxy) is 1. The summed E-state index contributed by atoms with van der Waals surface area (Å²) in [4.78, 5) is 53.1. The molecule has 26 heavy (non-hydrogen) atoms. The van der Waals surface area contributed by atoms with Crippen molar-refractivity contribution in [2.45, 2.75) is 25.7 Å². The number of esters is 1. The number of likely N-dealkylation sites (tertiary alicyclic amines) is 1. The van der Waals surface area contributed by atoms with Gasteiger partial charge in [0, 0.05) is 6.20 Å². The Labute approximate surface area is 154 Å². The van der Waals surface area contributed by atoms with Gasteiger partial charge in [-0.05, 0) is 25.0 Å². The number of carbonyl (C=O) groups is 4. The molecule has 0 radical (unpaired) electrons. The quantitative estimate of drug-likeness (QED) is 0.612. The molecule has 9 heteroatoms. The molecular weight excluding hydrogens is 362 g/mol. The van der Waals surface area contributed by atoms with Crippen LogP contribution in [0.2, 0.25) is 5.02 Å². The zero-order valence-corrected chi connectivity index (χ0v) is 14.7. The Morgan fingerprint density at radius 3 is 2.42 bits per heavy atom. The van der Waals surface area contributed by atoms with Crippen LogP contribution in [0.4, 0.5) is 5.82 Å². The molecule has 2 atom stereocenters. The van der Waals surface area contributed by atoms with Crippen LogP contribution in [0.5, 0.6) is 0 Å². The van der Waals surface area contributed by atoms with E-state index < -0.39 is 25.0 Å². The van der Waals surface area contributed by atoms with Crippen LogP contribution < -0.4 is 5.32 Å². The van der Waals surface area contributed by atoms with E-state index in [0.717, 1.165) is 17.7 Å². The topological polar surface area (TPSA) is 106 Å².